The van der Waals surface area contributed by atoms with Gasteiger partial charge in [0.05, 0.1) is 18.8 Å². The van der Waals surface area contributed by atoms with Gasteiger partial charge >= 0.3 is 0 Å². The summed E-state index contributed by atoms with van der Waals surface area (Å²) in [4.78, 5) is 0. The molecule has 0 aromatic heterocycles. The van der Waals surface area contributed by atoms with Gasteiger partial charge in [-0.25, -0.2) is 0 Å². The molecule has 108 valence electrons. The first-order valence-corrected chi connectivity index (χ1v) is 7.08. The molecule has 0 aliphatic heterocycles. The minimum absolute atomic E-state index is 0.0143. The molecule has 0 fully saturated rings. The van der Waals surface area contributed by atoms with Crippen LogP contribution in [-0.4, -0.2) is 30.5 Å². The third-order valence-corrected chi connectivity index (χ3v) is 3.18. The molecule has 0 radical (unpaired) electrons. The fraction of sp³-hybridized carbons (Fsp3) is 0.625. The van der Waals surface area contributed by atoms with Crippen molar-refractivity contribution in [2.75, 3.05) is 13.2 Å². The zero-order valence-corrected chi connectivity index (χ0v) is 12.4. The van der Waals surface area contributed by atoms with Gasteiger partial charge in [-0.1, -0.05) is 31.2 Å². The molecular formula is C16H26O3. The van der Waals surface area contributed by atoms with Crippen LogP contribution in [0.25, 0.3) is 0 Å². The van der Waals surface area contributed by atoms with Gasteiger partial charge in [-0.05, 0) is 38.3 Å². The quantitative estimate of drug-likeness (QED) is 0.785. The lowest BCUT2D eigenvalue weighted by molar-refractivity contribution is -0.0866. The molecule has 0 aliphatic rings. The zero-order chi connectivity index (χ0) is 14.3. The number of benzene rings is 1. The average molecular weight is 266 g/mol. The van der Waals surface area contributed by atoms with E-state index < -0.39 is 6.10 Å². The van der Waals surface area contributed by atoms with Crippen molar-refractivity contribution in [3.63, 3.8) is 0 Å². The van der Waals surface area contributed by atoms with Crippen LogP contribution in [0.3, 0.4) is 0 Å². The Labute approximate surface area is 116 Å². The van der Waals surface area contributed by atoms with Crippen LogP contribution in [0.5, 0.6) is 0 Å². The van der Waals surface area contributed by atoms with Crippen molar-refractivity contribution in [3.05, 3.63) is 35.4 Å². The van der Waals surface area contributed by atoms with Crippen molar-refractivity contribution in [1.82, 2.24) is 0 Å². The van der Waals surface area contributed by atoms with Gasteiger partial charge < -0.3 is 14.6 Å². The highest BCUT2D eigenvalue weighted by Crippen LogP contribution is 2.20. The molecule has 0 bridgehead atoms. The Bertz CT molecular complexity index is 348. The molecule has 3 atom stereocenters. The first kappa shape index (κ1) is 16.2. The second kappa shape index (κ2) is 8.31. The molecule has 1 N–H and O–H groups in total. The van der Waals surface area contributed by atoms with E-state index in [-0.39, 0.29) is 12.2 Å². The van der Waals surface area contributed by atoms with Gasteiger partial charge in [0, 0.05) is 6.61 Å². The number of aliphatic hydroxyl groups excluding tert-OH is 1. The van der Waals surface area contributed by atoms with Crippen LogP contribution in [0.15, 0.2) is 24.3 Å². The number of ether oxygens (including phenoxy) is 2. The van der Waals surface area contributed by atoms with Crippen LogP contribution in [0.4, 0.5) is 0 Å². The molecule has 3 unspecified atom stereocenters. The van der Waals surface area contributed by atoms with Crippen molar-refractivity contribution < 1.29 is 14.6 Å². The first-order valence-electron chi connectivity index (χ1n) is 7.08. The molecule has 3 heteroatoms. The van der Waals surface area contributed by atoms with E-state index in [9.17, 15) is 5.11 Å². The lowest BCUT2D eigenvalue weighted by atomic mass is 10.0. The topological polar surface area (TPSA) is 38.7 Å². The second-order valence-corrected chi connectivity index (χ2v) is 4.85. The molecule has 1 rings (SSSR count). The lowest BCUT2D eigenvalue weighted by Crippen LogP contribution is -2.26. The summed E-state index contributed by atoms with van der Waals surface area (Å²) < 4.78 is 11.1. The molecule has 0 saturated carbocycles. The molecule has 0 aliphatic carbocycles. The third kappa shape index (κ3) is 5.31. The molecule has 19 heavy (non-hydrogen) atoms. The zero-order valence-electron chi connectivity index (χ0n) is 12.4. The summed E-state index contributed by atoms with van der Waals surface area (Å²) in [6.07, 6.45) is 0.144. The van der Waals surface area contributed by atoms with E-state index in [0.717, 1.165) is 12.0 Å². The van der Waals surface area contributed by atoms with Gasteiger partial charge in [-0.3, -0.25) is 0 Å². The predicted octanol–water partition coefficient (Wildman–Crippen LogP) is 3.11. The highest BCUT2D eigenvalue weighted by molar-refractivity contribution is 5.24. The van der Waals surface area contributed by atoms with Crippen molar-refractivity contribution in [2.24, 2.45) is 0 Å². The van der Waals surface area contributed by atoms with Gasteiger partial charge in [0.1, 0.15) is 6.10 Å². The fourth-order valence-electron chi connectivity index (χ4n) is 1.99. The summed E-state index contributed by atoms with van der Waals surface area (Å²) in [5.41, 5.74) is 2.17. The monoisotopic (exact) mass is 266 g/mol. The Balaban J connectivity index is 2.52. The van der Waals surface area contributed by atoms with Crippen molar-refractivity contribution >= 4 is 0 Å². The minimum Gasteiger partial charge on any atom is -0.386 e. The van der Waals surface area contributed by atoms with Crippen LogP contribution in [0, 0.1) is 0 Å². The van der Waals surface area contributed by atoms with Gasteiger partial charge in [0.25, 0.3) is 0 Å². The summed E-state index contributed by atoms with van der Waals surface area (Å²) in [7, 11) is 0. The van der Waals surface area contributed by atoms with E-state index in [1.165, 1.54) is 5.56 Å². The molecule has 1 aromatic rings. The second-order valence-electron chi connectivity index (χ2n) is 4.85. The molecule has 0 saturated heterocycles. The fourth-order valence-corrected chi connectivity index (χ4v) is 1.99. The Morgan fingerprint density at radius 1 is 1.11 bits per heavy atom. The van der Waals surface area contributed by atoms with E-state index in [4.69, 9.17) is 9.47 Å². The van der Waals surface area contributed by atoms with Gasteiger partial charge in [-0.2, -0.15) is 0 Å². The molecule has 0 heterocycles. The van der Waals surface area contributed by atoms with Crippen LogP contribution in [0.1, 0.15) is 44.9 Å². The number of hydrogen-bond donors (Lipinski definition) is 1. The lowest BCUT2D eigenvalue weighted by Gasteiger charge is -2.24. The summed E-state index contributed by atoms with van der Waals surface area (Å²) in [6, 6.07) is 8.04. The van der Waals surface area contributed by atoms with Crippen molar-refractivity contribution in [2.45, 2.75) is 52.4 Å². The SMILES string of the molecule is CCOCC(C)OC(C)C(O)c1ccc(CC)cc1. The number of hydrogen-bond acceptors (Lipinski definition) is 3. The van der Waals surface area contributed by atoms with E-state index in [0.29, 0.717) is 13.2 Å². The average Bonchev–Trinajstić information content (AvgIpc) is 2.44. The molecule has 0 amide bonds. The smallest absolute Gasteiger partial charge is 0.105 e. The van der Waals surface area contributed by atoms with E-state index in [1.54, 1.807) is 0 Å². The Hall–Kier alpha value is -0.900. The highest BCUT2D eigenvalue weighted by atomic mass is 16.5. The standard InChI is InChI=1S/C16H26O3/c1-5-14-7-9-15(10-8-14)16(17)13(4)19-12(3)11-18-6-2/h7-10,12-13,16-17H,5-6,11H2,1-4H3. The molecule has 3 nitrogen and oxygen atoms in total. The molecule has 0 spiro atoms. The molecular weight excluding hydrogens is 240 g/mol. The largest absolute Gasteiger partial charge is 0.386 e. The van der Waals surface area contributed by atoms with Gasteiger partial charge in [-0.15, -0.1) is 0 Å². The van der Waals surface area contributed by atoms with Crippen LogP contribution >= 0.6 is 0 Å². The normalized spacial score (nSPS) is 16.1. The highest BCUT2D eigenvalue weighted by Gasteiger charge is 2.19. The summed E-state index contributed by atoms with van der Waals surface area (Å²) in [6.45, 7) is 9.16. The van der Waals surface area contributed by atoms with Gasteiger partial charge in [0.15, 0.2) is 0 Å². The maximum atomic E-state index is 10.3. The summed E-state index contributed by atoms with van der Waals surface area (Å²) in [5.74, 6) is 0. The predicted molar refractivity (Wildman–Crippen MR) is 77.3 cm³/mol. The van der Waals surface area contributed by atoms with Gasteiger partial charge in [0.2, 0.25) is 0 Å². The van der Waals surface area contributed by atoms with Crippen molar-refractivity contribution in [3.8, 4) is 0 Å². The first-order chi connectivity index (χ1) is 9.08. The maximum Gasteiger partial charge on any atom is 0.105 e. The Morgan fingerprint density at radius 2 is 1.74 bits per heavy atom. The number of rotatable bonds is 8. The van der Waals surface area contributed by atoms with Crippen molar-refractivity contribution in [1.29, 1.82) is 0 Å². The number of aliphatic hydroxyl groups is 1. The maximum absolute atomic E-state index is 10.3. The third-order valence-electron chi connectivity index (χ3n) is 3.18. The van der Waals surface area contributed by atoms with Crippen LogP contribution < -0.4 is 0 Å². The molecule has 1 aromatic carbocycles. The number of aryl methyl sites for hydroxylation is 1. The summed E-state index contributed by atoms with van der Waals surface area (Å²) in [5, 5.41) is 10.3. The van der Waals surface area contributed by atoms with Crippen LogP contribution in [0.2, 0.25) is 0 Å². The van der Waals surface area contributed by atoms with Crippen LogP contribution in [-0.2, 0) is 15.9 Å². The van der Waals surface area contributed by atoms with E-state index in [2.05, 4.69) is 19.1 Å². The van der Waals surface area contributed by atoms with E-state index >= 15 is 0 Å². The van der Waals surface area contributed by atoms with E-state index in [1.807, 2.05) is 32.9 Å². The minimum atomic E-state index is -0.602. The summed E-state index contributed by atoms with van der Waals surface area (Å²) >= 11 is 0. The Kier molecular flexibility index (Phi) is 7.06. The Morgan fingerprint density at radius 3 is 2.26 bits per heavy atom.